The molecule has 0 aliphatic carbocycles. The van der Waals surface area contributed by atoms with Gasteiger partial charge in [-0.05, 0) is 56.9 Å². The Labute approximate surface area is 162 Å². The van der Waals surface area contributed by atoms with Crippen molar-refractivity contribution in [1.82, 2.24) is 19.7 Å². The minimum absolute atomic E-state index is 0.0576. The molecular formula is C19H20ClFN4S. The molecule has 0 fully saturated rings. The molecule has 3 rings (SSSR count). The molecule has 1 heterocycles. The highest BCUT2D eigenvalue weighted by molar-refractivity contribution is 7.98. The fourth-order valence-corrected chi connectivity index (χ4v) is 3.71. The zero-order valence-electron chi connectivity index (χ0n) is 14.9. The van der Waals surface area contributed by atoms with Gasteiger partial charge in [-0.2, -0.15) is 0 Å². The average Bonchev–Trinajstić information content (AvgIpc) is 3.04. The van der Waals surface area contributed by atoms with Gasteiger partial charge in [0.25, 0.3) is 0 Å². The first-order chi connectivity index (χ1) is 12.5. The summed E-state index contributed by atoms with van der Waals surface area (Å²) >= 11 is 7.81. The first-order valence-electron chi connectivity index (χ1n) is 8.21. The van der Waals surface area contributed by atoms with Crippen LogP contribution in [0.15, 0.2) is 53.7 Å². The van der Waals surface area contributed by atoms with Gasteiger partial charge in [0.1, 0.15) is 5.82 Å². The van der Waals surface area contributed by atoms with Crippen LogP contribution in [0.4, 0.5) is 4.39 Å². The molecule has 0 aliphatic heterocycles. The zero-order valence-corrected chi connectivity index (χ0v) is 16.4. The summed E-state index contributed by atoms with van der Waals surface area (Å²) < 4.78 is 15.3. The lowest BCUT2D eigenvalue weighted by molar-refractivity contribution is 0.305. The maximum atomic E-state index is 13.4. The predicted molar refractivity (Wildman–Crippen MR) is 104 cm³/mol. The molecule has 0 saturated heterocycles. The smallest absolute Gasteiger partial charge is 0.196 e. The van der Waals surface area contributed by atoms with Gasteiger partial charge in [0.05, 0.1) is 6.04 Å². The molecule has 0 aliphatic rings. The van der Waals surface area contributed by atoms with Gasteiger partial charge in [0, 0.05) is 16.5 Å². The van der Waals surface area contributed by atoms with Crippen LogP contribution >= 0.6 is 23.4 Å². The van der Waals surface area contributed by atoms with Crippen molar-refractivity contribution in [2.45, 2.75) is 23.9 Å². The highest BCUT2D eigenvalue weighted by Crippen LogP contribution is 2.30. The lowest BCUT2D eigenvalue weighted by atomic mass is 10.2. The summed E-state index contributed by atoms with van der Waals surface area (Å²) in [5.41, 5.74) is 1.87. The van der Waals surface area contributed by atoms with Crippen LogP contribution in [-0.4, -0.2) is 33.8 Å². The fraction of sp³-hybridized carbons (Fsp3) is 0.263. The third-order valence-electron chi connectivity index (χ3n) is 4.21. The van der Waals surface area contributed by atoms with E-state index in [0.29, 0.717) is 5.75 Å². The number of nitrogens with zero attached hydrogens (tertiary/aromatic N) is 4. The van der Waals surface area contributed by atoms with Crippen molar-refractivity contribution in [3.63, 3.8) is 0 Å². The Bertz CT molecular complexity index is 880. The highest BCUT2D eigenvalue weighted by Gasteiger charge is 2.21. The molecule has 3 aromatic rings. The molecule has 1 aromatic heterocycles. The summed E-state index contributed by atoms with van der Waals surface area (Å²) in [5, 5.41) is 10.3. The van der Waals surface area contributed by atoms with Crippen molar-refractivity contribution in [1.29, 1.82) is 0 Å². The highest BCUT2D eigenvalue weighted by atomic mass is 35.5. The van der Waals surface area contributed by atoms with Crippen molar-refractivity contribution >= 4 is 23.4 Å². The van der Waals surface area contributed by atoms with Gasteiger partial charge in [-0.3, -0.25) is 9.47 Å². The molecule has 0 saturated carbocycles. The van der Waals surface area contributed by atoms with E-state index in [9.17, 15) is 4.39 Å². The lowest BCUT2D eigenvalue weighted by Gasteiger charge is -2.20. The SMILES string of the molecule is C[C@@H](c1nnc(SCc2ccccc2Cl)n1-c1ccc(F)cc1)N(C)C. The lowest BCUT2D eigenvalue weighted by Crippen LogP contribution is -2.20. The van der Waals surface area contributed by atoms with Crippen LogP contribution in [-0.2, 0) is 5.75 Å². The number of thioether (sulfide) groups is 1. The molecule has 136 valence electrons. The molecule has 0 amide bonds. The van der Waals surface area contributed by atoms with Crippen LogP contribution < -0.4 is 0 Å². The van der Waals surface area contributed by atoms with E-state index < -0.39 is 0 Å². The monoisotopic (exact) mass is 390 g/mol. The maximum Gasteiger partial charge on any atom is 0.196 e. The van der Waals surface area contributed by atoms with E-state index in [0.717, 1.165) is 27.3 Å². The average molecular weight is 391 g/mol. The summed E-state index contributed by atoms with van der Waals surface area (Å²) in [6.45, 7) is 2.06. The van der Waals surface area contributed by atoms with Crippen molar-refractivity contribution in [2.75, 3.05) is 14.1 Å². The summed E-state index contributed by atoms with van der Waals surface area (Å²) in [5.74, 6) is 1.22. The largest absolute Gasteiger partial charge is 0.300 e. The summed E-state index contributed by atoms with van der Waals surface area (Å²) in [4.78, 5) is 2.06. The van der Waals surface area contributed by atoms with Gasteiger partial charge in [-0.1, -0.05) is 41.6 Å². The Kier molecular flexibility index (Phi) is 5.96. The first kappa shape index (κ1) is 18.9. The standard InChI is InChI=1S/C19H20ClFN4S/c1-13(24(2)3)18-22-23-19(25(18)16-10-8-15(21)9-11-16)26-12-14-6-4-5-7-17(14)20/h4-11,13H,12H2,1-3H3/t13-/m0/s1. The van der Waals surface area contributed by atoms with E-state index in [2.05, 4.69) is 22.0 Å². The van der Waals surface area contributed by atoms with E-state index in [1.165, 1.54) is 12.1 Å². The molecule has 0 N–H and O–H groups in total. The number of halogens is 2. The van der Waals surface area contributed by atoms with E-state index in [1.54, 1.807) is 23.9 Å². The molecular weight excluding hydrogens is 371 g/mol. The zero-order chi connectivity index (χ0) is 18.7. The molecule has 0 radical (unpaired) electrons. The van der Waals surface area contributed by atoms with Crippen molar-refractivity contribution < 1.29 is 4.39 Å². The Hall–Kier alpha value is -1.89. The van der Waals surface area contributed by atoms with Gasteiger partial charge in [-0.25, -0.2) is 4.39 Å². The normalized spacial score (nSPS) is 12.5. The molecule has 0 unspecified atom stereocenters. The van der Waals surface area contributed by atoms with Crippen molar-refractivity contribution in [2.24, 2.45) is 0 Å². The van der Waals surface area contributed by atoms with Gasteiger partial charge >= 0.3 is 0 Å². The van der Waals surface area contributed by atoms with E-state index >= 15 is 0 Å². The number of aromatic nitrogens is 3. The maximum absolute atomic E-state index is 13.4. The summed E-state index contributed by atoms with van der Waals surface area (Å²) in [7, 11) is 3.98. The molecule has 26 heavy (non-hydrogen) atoms. The number of benzene rings is 2. The van der Waals surface area contributed by atoms with Crippen LogP contribution in [0.5, 0.6) is 0 Å². The van der Waals surface area contributed by atoms with E-state index in [1.807, 2.05) is 42.9 Å². The molecule has 4 nitrogen and oxygen atoms in total. The minimum Gasteiger partial charge on any atom is -0.300 e. The number of hydrogen-bond acceptors (Lipinski definition) is 4. The fourth-order valence-electron chi connectivity index (χ4n) is 2.47. The second-order valence-corrected chi connectivity index (χ2v) is 7.52. The first-order valence-corrected chi connectivity index (χ1v) is 9.57. The van der Waals surface area contributed by atoms with Crippen LogP contribution in [0.25, 0.3) is 5.69 Å². The number of hydrogen-bond donors (Lipinski definition) is 0. The van der Waals surface area contributed by atoms with Gasteiger partial charge < -0.3 is 0 Å². The third kappa shape index (κ3) is 4.09. The Balaban J connectivity index is 1.97. The van der Waals surface area contributed by atoms with E-state index in [-0.39, 0.29) is 11.9 Å². The van der Waals surface area contributed by atoms with Gasteiger partial charge in [0.2, 0.25) is 0 Å². The van der Waals surface area contributed by atoms with Crippen molar-refractivity contribution in [3.05, 3.63) is 70.8 Å². The molecule has 0 spiro atoms. The van der Waals surface area contributed by atoms with Crippen LogP contribution in [0.2, 0.25) is 5.02 Å². The van der Waals surface area contributed by atoms with Crippen molar-refractivity contribution in [3.8, 4) is 5.69 Å². The second kappa shape index (κ2) is 8.20. The van der Waals surface area contributed by atoms with E-state index in [4.69, 9.17) is 11.6 Å². The predicted octanol–water partition coefficient (Wildman–Crippen LogP) is 4.97. The van der Waals surface area contributed by atoms with Crippen LogP contribution in [0, 0.1) is 5.82 Å². The quantitative estimate of drug-likeness (QED) is 0.556. The van der Waals surface area contributed by atoms with Crippen LogP contribution in [0.1, 0.15) is 24.4 Å². The summed E-state index contributed by atoms with van der Waals surface area (Å²) in [6.07, 6.45) is 0. The molecule has 0 bridgehead atoms. The Morgan fingerprint density at radius 3 is 2.46 bits per heavy atom. The molecule has 7 heteroatoms. The Morgan fingerprint density at radius 2 is 1.81 bits per heavy atom. The topological polar surface area (TPSA) is 34.0 Å². The molecule has 1 atom stereocenters. The summed E-state index contributed by atoms with van der Waals surface area (Å²) in [6, 6.07) is 14.2. The second-order valence-electron chi connectivity index (χ2n) is 6.17. The van der Waals surface area contributed by atoms with Gasteiger partial charge in [0.15, 0.2) is 11.0 Å². The van der Waals surface area contributed by atoms with Gasteiger partial charge in [-0.15, -0.1) is 10.2 Å². The molecule has 2 aromatic carbocycles. The minimum atomic E-state index is -0.269. The Morgan fingerprint density at radius 1 is 1.12 bits per heavy atom. The van der Waals surface area contributed by atoms with Crippen LogP contribution in [0.3, 0.4) is 0 Å². The number of rotatable bonds is 6. The third-order valence-corrected chi connectivity index (χ3v) is 5.55.